The number of rotatable bonds is 8. The lowest BCUT2D eigenvalue weighted by Crippen LogP contribution is -2.52. The third-order valence-corrected chi connectivity index (χ3v) is 7.91. The molecule has 35 heavy (non-hydrogen) atoms. The first-order valence-corrected chi connectivity index (χ1v) is 13.6. The fourth-order valence-electron chi connectivity index (χ4n) is 3.86. The van der Waals surface area contributed by atoms with Crippen molar-refractivity contribution in [3.63, 3.8) is 0 Å². The summed E-state index contributed by atoms with van der Waals surface area (Å²) in [7, 11) is -3.93. The number of fused-ring (bicyclic) bond motifs is 1. The number of amides is 3. The Labute approximate surface area is 214 Å². The third-order valence-electron chi connectivity index (χ3n) is 5.57. The van der Waals surface area contributed by atoms with Crippen molar-refractivity contribution in [2.24, 2.45) is 0 Å². The molecule has 2 aromatic rings. The van der Waals surface area contributed by atoms with Crippen molar-refractivity contribution < 1.29 is 22.8 Å². The molecule has 0 saturated heterocycles. The van der Waals surface area contributed by atoms with E-state index in [0.29, 0.717) is 0 Å². The van der Waals surface area contributed by atoms with Crippen LogP contribution < -0.4 is 5.32 Å². The van der Waals surface area contributed by atoms with E-state index in [0.717, 1.165) is 14.3 Å². The van der Waals surface area contributed by atoms with Crippen LogP contribution in [0.15, 0.2) is 57.9 Å². The lowest BCUT2D eigenvalue weighted by atomic mass is 10.1. The Kier molecular flexibility index (Phi) is 8.06. The predicted molar refractivity (Wildman–Crippen MR) is 136 cm³/mol. The van der Waals surface area contributed by atoms with Crippen molar-refractivity contribution in [3.05, 3.63) is 64.1 Å². The number of carbonyl (C=O) groups excluding carboxylic acids is 3. The fourth-order valence-corrected chi connectivity index (χ4v) is 5.91. The second-order valence-corrected chi connectivity index (χ2v) is 12.3. The van der Waals surface area contributed by atoms with Crippen LogP contribution in [0.5, 0.6) is 0 Å². The summed E-state index contributed by atoms with van der Waals surface area (Å²) in [6.45, 7) is 7.36. The minimum Gasteiger partial charge on any atom is -0.350 e. The quantitative estimate of drug-likeness (QED) is 0.527. The van der Waals surface area contributed by atoms with Gasteiger partial charge in [-0.05, 0) is 63.9 Å². The van der Waals surface area contributed by atoms with E-state index in [9.17, 15) is 22.8 Å². The molecule has 1 N–H and O–H groups in total. The van der Waals surface area contributed by atoms with Crippen molar-refractivity contribution in [2.75, 3.05) is 6.54 Å². The third kappa shape index (κ3) is 6.29. The zero-order valence-electron chi connectivity index (χ0n) is 20.2. The van der Waals surface area contributed by atoms with Crippen molar-refractivity contribution in [3.8, 4) is 0 Å². The molecular formula is C25H30BrN3O5S. The van der Waals surface area contributed by atoms with Crippen molar-refractivity contribution in [1.82, 2.24) is 14.5 Å². The number of halogens is 1. The van der Waals surface area contributed by atoms with Gasteiger partial charge in [-0.3, -0.25) is 14.4 Å². The standard InChI is InChI=1S/C25H30BrN3O5S/c1-17(23(31)27-25(2,3)4)28(16-18-9-7-10-19(26)15-18)22(30)13-8-14-29-24(32)20-11-5-6-12-21(20)35(29,33)34/h5-7,9-12,15,17H,8,13-14,16H2,1-4H3,(H,27,31)/t17-/m0/s1. The minimum absolute atomic E-state index is 0.0138. The van der Waals surface area contributed by atoms with Crippen LogP contribution in [0.4, 0.5) is 0 Å². The number of nitrogens with zero attached hydrogens (tertiary/aromatic N) is 2. The molecule has 3 amide bonds. The van der Waals surface area contributed by atoms with Crippen LogP contribution in [0.25, 0.3) is 0 Å². The molecule has 2 aromatic carbocycles. The summed E-state index contributed by atoms with van der Waals surface area (Å²) in [6.07, 6.45) is 0.122. The number of nitrogens with one attached hydrogen (secondary N) is 1. The number of hydrogen-bond donors (Lipinski definition) is 1. The van der Waals surface area contributed by atoms with Crippen molar-refractivity contribution >= 4 is 43.7 Å². The molecule has 1 aliphatic heterocycles. The van der Waals surface area contributed by atoms with Crippen LogP contribution in [0.3, 0.4) is 0 Å². The van der Waals surface area contributed by atoms with E-state index in [-0.39, 0.29) is 48.2 Å². The second kappa shape index (κ2) is 10.5. The summed E-state index contributed by atoms with van der Waals surface area (Å²) < 4.78 is 27.2. The van der Waals surface area contributed by atoms with E-state index in [1.54, 1.807) is 19.1 Å². The molecule has 1 aliphatic rings. The molecule has 0 spiro atoms. The normalized spacial score (nSPS) is 15.5. The maximum Gasteiger partial charge on any atom is 0.269 e. The summed E-state index contributed by atoms with van der Waals surface area (Å²) in [5.41, 5.74) is 0.522. The molecule has 0 saturated carbocycles. The molecule has 0 fully saturated rings. The Bertz CT molecular complexity index is 1240. The van der Waals surface area contributed by atoms with Gasteiger partial charge in [-0.15, -0.1) is 0 Å². The molecule has 1 atom stereocenters. The summed E-state index contributed by atoms with van der Waals surface area (Å²) in [6, 6.07) is 12.8. The van der Waals surface area contributed by atoms with Gasteiger partial charge in [0.1, 0.15) is 10.9 Å². The van der Waals surface area contributed by atoms with Gasteiger partial charge in [0.25, 0.3) is 15.9 Å². The smallest absolute Gasteiger partial charge is 0.269 e. The van der Waals surface area contributed by atoms with Gasteiger partial charge >= 0.3 is 0 Å². The van der Waals surface area contributed by atoms with Gasteiger partial charge in [0.15, 0.2) is 0 Å². The van der Waals surface area contributed by atoms with Crippen LogP contribution in [-0.2, 0) is 26.2 Å². The van der Waals surface area contributed by atoms with E-state index in [2.05, 4.69) is 21.2 Å². The Hall–Kier alpha value is -2.72. The molecule has 8 nitrogen and oxygen atoms in total. The van der Waals surface area contributed by atoms with E-state index in [1.807, 2.05) is 45.0 Å². The molecule has 0 radical (unpaired) electrons. The highest BCUT2D eigenvalue weighted by molar-refractivity contribution is 9.10. The maximum atomic E-state index is 13.3. The van der Waals surface area contributed by atoms with Gasteiger partial charge in [0, 0.05) is 29.5 Å². The lowest BCUT2D eigenvalue weighted by Gasteiger charge is -2.31. The van der Waals surface area contributed by atoms with Crippen molar-refractivity contribution in [1.29, 1.82) is 0 Å². The molecule has 10 heteroatoms. The predicted octanol–water partition coefficient (Wildman–Crippen LogP) is 3.71. The SMILES string of the molecule is C[C@@H](C(=O)NC(C)(C)C)N(Cc1cccc(Br)c1)C(=O)CCCN1C(=O)c2ccccc2S1(=O)=O. The highest BCUT2D eigenvalue weighted by atomic mass is 79.9. The number of carbonyl (C=O) groups is 3. The number of sulfonamides is 1. The molecule has 0 aliphatic carbocycles. The van der Waals surface area contributed by atoms with Gasteiger partial charge < -0.3 is 10.2 Å². The number of hydrogen-bond acceptors (Lipinski definition) is 5. The Morgan fingerprint density at radius 3 is 2.43 bits per heavy atom. The molecular weight excluding hydrogens is 534 g/mol. The lowest BCUT2D eigenvalue weighted by molar-refractivity contribution is -0.141. The molecule has 0 aromatic heterocycles. The zero-order chi connectivity index (χ0) is 26.0. The summed E-state index contributed by atoms with van der Waals surface area (Å²) >= 11 is 3.43. The van der Waals surface area contributed by atoms with Gasteiger partial charge in [0.2, 0.25) is 11.8 Å². The molecule has 1 heterocycles. The van der Waals surface area contributed by atoms with Crippen LogP contribution in [0, 0.1) is 0 Å². The second-order valence-electron chi connectivity index (χ2n) is 9.55. The Morgan fingerprint density at radius 1 is 1.11 bits per heavy atom. The van der Waals surface area contributed by atoms with Gasteiger partial charge in [-0.25, -0.2) is 12.7 Å². The first-order valence-electron chi connectivity index (χ1n) is 11.3. The molecule has 188 valence electrons. The van der Waals surface area contributed by atoms with Crippen LogP contribution in [0.2, 0.25) is 0 Å². The average molecular weight is 565 g/mol. The Balaban J connectivity index is 1.73. The van der Waals surface area contributed by atoms with Crippen LogP contribution in [0.1, 0.15) is 56.5 Å². The van der Waals surface area contributed by atoms with Crippen molar-refractivity contribution in [2.45, 2.75) is 63.6 Å². The highest BCUT2D eigenvalue weighted by Gasteiger charge is 2.40. The van der Waals surface area contributed by atoms with E-state index < -0.39 is 27.5 Å². The van der Waals surface area contributed by atoms with Crippen LogP contribution in [-0.4, -0.2) is 53.5 Å². The Morgan fingerprint density at radius 2 is 1.80 bits per heavy atom. The van der Waals surface area contributed by atoms with Gasteiger partial charge in [0.05, 0.1) is 5.56 Å². The van der Waals surface area contributed by atoms with Gasteiger partial charge in [-0.2, -0.15) is 0 Å². The topological polar surface area (TPSA) is 104 Å². The monoisotopic (exact) mass is 563 g/mol. The summed E-state index contributed by atoms with van der Waals surface area (Å²) in [5.74, 6) is -1.17. The van der Waals surface area contributed by atoms with Gasteiger partial charge in [-0.1, -0.05) is 40.2 Å². The number of benzene rings is 2. The first kappa shape index (κ1) is 26.9. The highest BCUT2D eigenvalue weighted by Crippen LogP contribution is 2.30. The minimum atomic E-state index is -3.93. The maximum absolute atomic E-state index is 13.3. The van der Waals surface area contributed by atoms with E-state index in [4.69, 9.17) is 0 Å². The zero-order valence-corrected chi connectivity index (χ0v) is 22.6. The average Bonchev–Trinajstić information content (AvgIpc) is 2.96. The fraction of sp³-hybridized carbons (Fsp3) is 0.400. The van der Waals surface area contributed by atoms with Crippen LogP contribution >= 0.6 is 15.9 Å². The first-order chi connectivity index (χ1) is 16.3. The summed E-state index contributed by atoms with van der Waals surface area (Å²) in [4.78, 5) is 40.2. The summed E-state index contributed by atoms with van der Waals surface area (Å²) in [5, 5.41) is 2.90. The van der Waals surface area contributed by atoms with E-state index in [1.165, 1.54) is 17.0 Å². The molecule has 0 bridgehead atoms. The largest absolute Gasteiger partial charge is 0.350 e. The molecule has 3 rings (SSSR count). The molecule has 0 unspecified atom stereocenters. The van der Waals surface area contributed by atoms with E-state index >= 15 is 0 Å².